The molecular weight excluding hydrogens is 748 g/mol. The maximum Gasteiger partial charge on any atom is 0.335 e. The Morgan fingerprint density at radius 1 is 0.737 bits per heavy atom. The van der Waals surface area contributed by atoms with Crippen molar-refractivity contribution >= 4 is 45.7 Å². The van der Waals surface area contributed by atoms with Gasteiger partial charge in [-0.15, -0.1) is 0 Å². The van der Waals surface area contributed by atoms with Gasteiger partial charge >= 0.3 is 23.9 Å². The third-order valence-corrected chi connectivity index (χ3v) is 9.49. The van der Waals surface area contributed by atoms with Gasteiger partial charge in [-0.25, -0.2) is 9.59 Å². The van der Waals surface area contributed by atoms with Gasteiger partial charge in [0.05, 0.1) is 58.4 Å². The Kier molecular flexibility index (Phi) is 14.5. The minimum Gasteiger partial charge on any atom is -0.478 e. The molecule has 10 atom stereocenters. The smallest absolute Gasteiger partial charge is 0.335 e. The fourth-order valence-electron chi connectivity index (χ4n) is 6.25. The topological polar surface area (TPSA) is 284 Å². The van der Waals surface area contributed by atoms with Crippen LogP contribution < -0.4 is 0 Å². The number of aliphatic hydroxyl groups excluding tert-OH is 4. The third-order valence-electron chi connectivity index (χ3n) is 9.49. The molecule has 0 aliphatic carbocycles. The molecule has 4 heterocycles. The van der Waals surface area contributed by atoms with Crippen LogP contribution in [0.2, 0.25) is 0 Å². The second-order valence-corrected chi connectivity index (χ2v) is 13.3. The van der Waals surface area contributed by atoms with Crippen molar-refractivity contribution in [1.29, 1.82) is 0 Å². The number of H-pyrrole nitrogens is 2. The van der Waals surface area contributed by atoms with Crippen molar-refractivity contribution in [2.75, 3.05) is 13.2 Å². The Morgan fingerprint density at radius 2 is 1.25 bits per heavy atom. The molecule has 2 aliphatic rings. The number of fused-ring (bicyclic) bond motifs is 2. The summed E-state index contributed by atoms with van der Waals surface area (Å²) in [6.07, 6.45) is -5.57. The minimum atomic E-state index is -1.53. The Morgan fingerprint density at radius 3 is 1.72 bits per heavy atom. The molecule has 8 N–H and O–H groups in total. The lowest BCUT2D eigenvalue weighted by atomic mass is 9.81. The van der Waals surface area contributed by atoms with Crippen molar-refractivity contribution < 1.29 is 68.8 Å². The number of benzene rings is 2. The Hall–Kier alpha value is -5.86. The number of aromatic amines is 2. The molecule has 2 aliphatic heterocycles. The highest BCUT2D eigenvalue weighted by molar-refractivity contribution is 5.96. The molecule has 0 unspecified atom stereocenters. The van der Waals surface area contributed by atoms with Gasteiger partial charge in [-0.3, -0.25) is 19.8 Å². The number of hydrogen-bond donors (Lipinski definition) is 8. The van der Waals surface area contributed by atoms with Gasteiger partial charge in [0.2, 0.25) is 0 Å². The highest BCUT2D eigenvalue weighted by atomic mass is 16.6. The predicted molar refractivity (Wildman–Crippen MR) is 200 cm³/mol. The van der Waals surface area contributed by atoms with E-state index in [0.29, 0.717) is 32.9 Å². The van der Waals surface area contributed by atoms with E-state index < -0.39 is 79.3 Å². The summed E-state index contributed by atoms with van der Waals surface area (Å²) in [7, 11) is 0. The first-order valence-corrected chi connectivity index (χ1v) is 17.3. The first-order valence-electron chi connectivity index (χ1n) is 17.3. The molecule has 18 nitrogen and oxygen atoms in total. The third kappa shape index (κ3) is 10.1. The lowest BCUT2D eigenvalue weighted by molar-refractivity contribution is -0.214. The molecule has 0 saturated carbocycles. The van der Waals surface area contributed by atoms with E-state index in [4.69, 9.17) is 24.1 Å². The van der Waals surface area contributed by atoms with Gasteiger partial charge in [0.1, 0.15) is 43.2 Å². The molecule has 0 amide bonds. The summed E-state index contributed by atoms with van der Waals surface area (Å²) in [4.78, 5) is 45.5. The molecule has 2 aromatic heterocycles. The second-order valence-electron chi connectivity index (χ2n) is 13.3. The van der Waals surface area contributed by atoms with E-state index in [0.717, 1.165) is 0 Å². The van der Waals surface area contributed by atoms with Crippen LogP contribution in [-0.4, -0.2) is 137 Å². The van der Waals surface area contributed by atoms with Crippen LogP contribution in [0.4, 0.5) is 0 Å². The number of nitrogens with one attached hydrogen (secondary N) is 2. The van der Waals surface area contributed by atoms with Crippen LogP contribution in [0.5, 0.6) is 0 Å². The fourth-order valence-corrected chi connectivity index (χ4v) is 6.25. The van der Waals surface area contributed by atoms with Crippen molar-refractivity contribution in [3.05, 3.63) is 58.9 Å². The van der Waals surface area contributed by atoms with Crippen LogP contribution >= 0.6 is 0 Å². The lowest BCUT2D eigenvalue weighted by Crippen LogP contribution is -2.58. The maximum absolute atomic E-state index is 11.7. The average molecular weight is 793 g/mol. The van der Waals surface area contributed by atoms with Crippen molar-refractivity contribution in [1.82, 2.24) is 20.4 Å². The summed E-state index contributed by atoms with van der Waals surface area (Å²) >= 11 is 0. The first kappa shape index (κ1) is 43.9. The summed E-state index contributed by atoms with van der Waals surface area (Å²) < 4.78 is 22.0. The summed E-state index contributed by atoms with van der Waals surface area (Å²) in [5, 5.41) is 71.7. The Balaban J connectivity index is 0.000000254. The zero-order chi connectivity index (χ0) is 40.8. The van der Waals surface area contributed by atoms with E-state index in [1.165, 1.54) is 50.5 Å². The van der Waals surface area contributed by atoms with Gasteiger partial charge in [-0.2, -0.15) is 10.2 Å². The van der Waals surface area contributed by atoms with Gasteiger partial charge < -0.3 is 49.6 Å². The number of carboxylic acids is 2. The van der Waals surface area contributed by atoms with Gasteiger partial charge in [-0.05, 0) is 30.2 Å². The van der Waals surface area contributed by atoms with Crippen LogP contribution in [-0.2, 0) is 28.5 Å². The Labute approximate surface area is 326 Å². The summed E-state index contributed by atoms with van der Waals surface area (Å²) in [5.74, 6) is 7.99. The van der Waals surface area contributed by atoms with Crippen molar-refractivity contribution in [2.45, 2.75) is 84.0 Å². The molecule has 6 rings (SSSR count). The molecule has 0 spiro atoms. The second kappa shape index (κ2) is 18.9. The molecule has 304 valence electrons. The van der Waals surface area contributed by atoms with Crippen LogP contribution in [0, 0.1) is 35.5 Å². The molecule has 0 bridgehead atoms. The summed E-state index contributed by atoms with van der Waals surface area (Å²) in [6, 6.07) is 5.74. The number of esters is 2. The van der Waals surface area contributed by atoms with E-state index >= 15 is 0 Å². The molecule has 2 fully saturated rings. The number of nitrogens with zero attached hydrogens (tertiary/aromatic N) is 2. The average Bonchev–Trinajstić information content (AvgIpc) is 3.85. The van der Waals surface area contributed by atoms with E-state index in [1.54, 1.807) is 0 Å². The molecule has 57 heavy (non-hydrogen) atoms. The molecule has 4 aromatic rings. The number of aromatic carboxylic acids is 2. The number of ether oxygens (including phenoxy) is 4. The van der Waals surface area contributed by atoms with Gasteiger partial charge in [0.25, 0.3) is 0 Å². The quantitative estimate of drug-likeness (QED) is 0.101. The number of hydrogen-bond acceptors (Lipinski definition) is 14. The molecule has 2 aromatic carbocycles. The number of carbonyl (C=O) groups is 4. The minimum absolute atomic E-state index is 0. The zero-order valence-corrected chi connectivity index (χ0v) is 30.5. The van der Waals surface area contributed by atoms with Crippen LogP contribution in [0.3, 0.4) is 0 Å². The van der Waals surface area contributed by atoms with E-state index in [-0.39, 0.29) is 37.0 Å². The molecular formula is C39H44N4O14. The van der Waals surface area contributed by atoms with Gasteiger partial charge in [-0.1, -0.05) is 45.0 Å². The van der Waals surface area contributed by atoms with Gasteiger partial charge in [0, 0.05) is 30.5 Å². The SMILES string of the molecule is C.CC(=O)OC[C@H]1O[C@H](C#Cc2cc(C(=O)O)cc3cn[nH]c23)[C@@H](OC(C)=O)[C@@H](C)[C@@H]1C.O=C(O)c1cc(C#C[C@H]2O[C@H](CO)[C@@H](O)[C@H](O)[C@@H]2O)c2[nH]ncc2c1. The molecule has 0 radical (unpaired) electrons. The van der Waals surface area contributed by atoms with Crippen molar-refractivity contribution in [3.8, 4) is 23.7 Å². The van der Waals surface area contributed by atoms with Gasteiger partial charge in [0.15, 0.2) is 6.10 Å². The highest BCUT2D eigenvalue weighted by Gasteiger charge is 2.44. The lowest BCUT2D eigenvalue weighted by Gasteiger charge is -2.42. The number of carbonyl (C=O) groups excluding carboxylic acids is 2. The van der Waals surface area contributed by atoms with E-state index in [2.05, 4.69) is 44.1 Å². The molecule has 18 heteroatoms. The fraction of sp³-hybridized carbons (Fsp3) is 0.436. The number of aromatic nitrogens is 4. The van der Waals surface area contributed by atoms with E-state index in [1.807, 2.05) is 13.8 Å². The van der Waals surface area contributed by atoms with E-state index in [9.17, 15) is 44.7 Å². The predicted octanol–water partition coefficient (Wildman–Crippen LogP) is 1.24. The van der Waals surface area contributed by atoms with Crippen molar-refractivity contribution in [2.24, 2.45) is 11.8 Å². The largest absolute Gasteiger partial charge is 0.478 e. The monoisotopic (exact) mass is 792 g/mol. The van der Waals surface area contributed by atoms with Crippen LogP contribution in [0.1, 0.15) is 67.0 Å². The van der Waals surface area contributed by atoms with Crippen LogP contribution in [0.25, 0.3) is 21.8 Å². The molecule has 2 saturated heterocycles. The number of rotatable bonds is 6. The van der Waals surface area contributed by atoms with Crippen molar-refractivity contribution in [3.63, 3.8) is 0 Å². The summed E-state index contributed by atoms with van der Waals surface area (Å²) in [6.45, 7) is 6.00. The summed E-state index contributed by atoms with van der Waals surface area (Å²) in [5.41, 5.74) is 1.96. The highest BCUT2D eigenvalue weighted by Crippen LogP contribution is 2.33. The standard InChI is InChI=1S/C22H24N2O7.C16H16N2O7.CH4/c1-11-12(2)21(30-14(4)26)18(31-19(11)10-29-13(3)25)6-5-15-7-16(22(27)28)8-17-9-23-24-20(15)17;19-6-11-14(21)15(22)13(20)10(25-11)2-1-7-3-8(16(23)24)4-9-5-17-18-12(7)9;/h7-9,11-12,18-19,21H,10H2,1-4H3,(H,23,24)(H,27,28);3-5,10-11,13-15,19-22H,6H2,(H,17,18)(H,23,24);1H4/t11-,12-,18+,19+,21-;10-,11-,13-,14-,15-;/m01./s1. The number of aliphatic hydroxyl groups is 4. The first-order chi connectivity index (χ1) is 26.6. The normalized spacial score (nSPS) is 26.6. The van der Waals surface area contributed by atoms with Crippen LogP contribution in [0.15, 0.2) is 36.7 Å². The maximum atomic E-state index is 11.7. The number of carboxylic acid groups (broad SMARTS) is 2. The Bertz CT molecular complexity index is 2220. The zero-order valence-electron chi connectivity index (χ0n) is 30.5.